The number of carbonyl (C=O) groups excluding carboxylic acids is 1. The van der Waals surface area contributed by atoms with E-state index >= 15 is 0 Å². The SMILES string of the molecule is CCCCCCCCCCCCCCCCCCCCCCCC(=O)OC(CCCCCCCCCCCCCCCCCC)CCCCCCCC(=O)O. The second kappa shape index (κ2) is 47.3. The van der Waals surface area contributed by atoms with Crippen molar-refractivity contribution >= 4 is 11.9 Å². The topological polar surface area (TPSA) is 63.6 Å². The monoisotopic (exact) mass is 777 g/mol. The number of carboxylic acid groups (broad SMARTS) is 1. The van der Waals surface area contributed by atoms with E-state index in [4.69, 9.17) is 9.84 Å². The van der Waals surface area contributed by atoms with Crippen LogP contribution in [0.3, 0.4) is 0 Å². The Hall–Kier alpha value is -1.06. The van der Waals surface area contributed by atoms with Gasteiger partial charge in [-0.25, -0.2) is 0 Å². The maximum Gasteiger partial charge on any atom is 0.306 e. The molecule has 0 aliphatic rings. The van der Waals surface area contributed by atoms with E-state index in [0.717, 1.165) is 64.2 Å². The second-order valence-corrected chi connectivity index (χ2v) is 17.7. The predicted octanol–water partition coefficient (Wildman–Crippen LogP) is 18.0. The Labute approximate surface area is 345 Å². The molecule has 4 heteroatoms. The second-order valence-electron chi connectivity index (χ2n) is 17.7. The molecule has 0 spiro atoms. The summed E-state index contributed by atoms with van der Waals surface area (Å²) in [5.41, 5.74) is 0. The molecule has 0 heterocycles. The van der Waals surface area contributed by atoms with E-state index in [-0.39, 0.29) is 18.5 Å². The molecule has 0 saturated heterocycles. The van der Waals surface area contributed by atoms with Crippen LogP contribution in [0.15, 0.2) is 0 Å². The molecule has 0 aliphatic carbocycles. The van der Waals surface area contributed by atoms with Crippen molar-refractivity contribution in [1.29, 1.82) is 0 Å². The molecule has 4 nitrogen and oxygen atoms in total. The summed E-state index contributed by atoms with van der Waals surface area (Å²) in [6.07, 6.45) is 58.8. The van der Waals surface area contributed by atoms with E-state index < -0.39 is 5.97 Å². The number of esters is 1. The summed E-state index contributed by atoms with van der Waals surface area (Å²) in [5, 5.41) is 8.87. The minimum absolute atomic E-state index is 0.0146. The summed E-state index contributed by atoms with van der Waals surface area (Å²) in [6.45, 7) is 4.59. The molecular formula is C51H100O4. The Bertz CT molecular complexity index is 751. The summed E-state index contributed by atoms with van der Waals surface area (Å²) in [7, 11) is 0. The zero-order valence-corrected chi connectivity index (χ0v) is 37.8. The van der Waals surface area contributed by atoms with Crippen molar-refractivity contribution < 1.29 is 19.4 Å². The number of hydrogen-bond donors (Lipinski definition) is 1. The highest BCUT2D eigenvalue weighted by Gasteiger charge is 2.14. The molecule has 0 aromatic carbocycles. The zero-order valence-electron chi connectivity index (χ0n) is 37.8. The summed E-state index contributed by atoms with van der Waals surface area (Å²) < 4.78 is 6.06. The minimum atomic E-state index is -0.693. The van der Waals surface area contributed by atoms with Gasteiger partial charge in [0.05, 0.1) is 0 Å². The van der Waals surface area contributed by atoms with Crippen LogP contribution >= 0.6 is 0 Å². The maximum absolute atomic E-state index is 12.8. The van der Waals surface area contributed by atoms with Gasteiger partial charge < -0.3 is 9.84 Å². The minimum Gasteiger partial charge on any atom is -0.481 e. The van der Waals surface area contributed by atoms with Crippen molar-refractivity contribution in [2.75, 3.05) is 0 Å². The molecule has 0 radical (unpaired) electrons. The van der Waals surface area contributed by atoms with Crippen molar-refractivity contribution in [3.05, 3.63) is 0 Å². The lowest BCUT2D eigenvalue weighted by Crippen LogP contribution is -2.18. The van der Waals surface area contributed by atoms with Crippen molar-refractivity contribution in [3.63, 3.8) is 0 Å². The average Bonchev–Trinajstić information content (AvgIpc) is 3.17. The van der Waals surface area contributed by atoms with Crippen LogP contribution < -0.4 is 0 Å². The molecule has 0 bridgehead atoms. The van der Waals surface area contributed by atoms with Crippen LogP contribution in [0.5, 0.6) is 0 Å². The Morgan fingerprint density at radius 2 is 0.545 bits per heavy atom. The van der Waals surface area contributed by atoms with Crippen molar-refractivity contribution in [2.45, 2.75) is 315 Å². The molecule has 55 heavy (non-hydrogen) atoms. The fourth-order valence-electron chi connectivity index (χ4n) is 8.31. The third kappa shape index (κ3) is 47.2. The molecule has 1 atom stereocenters. The summed E-state index contributed by atoms with van der Waals surface area (Å²) in [6, 6.07) is 0. The molecule has 0 amide bonds. The first kappa shape index (κ1) is 53.9. The van der Waals surface area contributed by atoms with Gasteiger partial charge in [-0.15, -0.1) is 0 Å². The lowest BCUT2D eigenvalue weighted by atomic mass is 10.0. The molecule has 0 saturated carbocycles. The molecule has 328 valence electrons. The first-order valence-electron chi connectivity index (χ1n) is 25.5. The highest BCUT2D eigenvalue weighted by atomic mass is 16.5. The number of aliphatic carboxylic acids is 1. The average molecular weight is 777 g/mol. The number of carboxylic acids is 1. The van der Waals surface area contributed by atoms with E-state index in [1.807, 2.05) is 0 Å². The number of rotatable bonds is 48. The Morgan fingerprint density at radius 1 is 0.327 bits per heavy atom. The van der Waals surface area contributed by atoms with Gasteiger partial charge in [-0.3, -0.25) is 9.59 Å². The molecule has 0 aromatic rings. The fourth-order valence-corrected chi connectivity index (χ4v) is 8.31. The van der Waals surface area contributed by atoms with Crippen LogP contribution in [0.4, 0.5) is 0 Å². The van der Waals surface area contributed by atoms with Gasteiger partial charge in [-0.2, -0.15) is 0 Å². The van der Waals surface area contributed by atoms with Crippen molar-refractivity contribution in [3.8, 4) is 0 Å². The maximum atomic E-state index is 12.8. The normalized spacial score (nSPS) is 12.0. The zero-order chi connectivity index (χ0) is 40.0. The quantitative estimate of drug-likeness (QED) is 0.0494. The summed E-state index contributed by atoms with van der Waals surface area (Å²) in [4.78, 5) is 23.6. The van der Waals surface area contributed by atoms with Crippen LogP contribution in [0.1, 0.15) is 309 Å². The van der Waals surface area contributed by atoms with Gasteiger partial charge in [0.25, 0.3) is 0 Å². The van der Waals surface area contributed by atoms with Crippen LogP contribution in [0.2, 0.25) is 0 Å². The van der Waals surface area contributed by atoms with Crippen molar-refractivity contribution in [1.82, 2.24) is 0 Å². The van der Waals surface area contributed by atoms with Gasteiger partial charge in [0.2, 0.25) is 0 Å². The third-order valence-electron chi connectivity index (χ3n) is 12.1. The molecular weight excluding hydrogens is 677 g/mol. The lowest BCUT2D eigenvalue weighted by molar-refractivity contribution is -0.150. The van der Waals surface area contributed by atoms with Crippen LogP contribution in [0, 0.1) is 0 Å². The summed E-state index contributed by atoms with van der Waals surface area (Å²) in [5.74, 6) is -0.679. The highest BCUT2D eigenvalue weighted by Crippen LogP contribution is 2.20. The van der Waals surface area contributed by atoms with Crippen molar-refractivity contribution in [2.24, 2.45) is 0 Å². The summed E-state index contributed by atoms with van der Waals surface area (Å²) >= 11 is 0. The van der Waals surface area contributed by atoms with Gasteiger partial charge in [-0.05, 0) is 38.5 Å². The van der Waals surface area contributed by atoms with Crippen LogP contribution in [-0.4, -0.2) is 23.1 Å². The van der Waals surface area contributed by atoms with Gasteiger partial charge >= 0.3 is 11.9 Å². The lowest BCUT2D eigenvalue weighted by Gasteiger charge is -2.18. The first-order chi connectivity index (χ1) is 27.1. The van der Waals surface area contributed by atoms with Crippen LogP contribution in [0.25, 0.3) is 0 Å². The largest absolute Gasteiger partial charge is 0.481 e. The molecule has 0 aromatic heterocycles. The number of ether oxygens (including phenoxy) is 1. The Balaban J connectivity index is 3.87. The van der Waals surface area contributed by atoms with Gasteiger partial charge in [0.1, 0.15) is 6.10 Å². The van der Waals surface area contributed by atoms with Crippen LogP contribution in [-0.2, 0) is 14.3 Å². The standard InChI is InChI=1S/C51H100O4/c1-3-5-7-9-11-13-15-17-19-21-22-23-24-25-27-29-31-33-35-40-44-48-51(54)55-49(46-42-38-36-39-43-47-50(52)53)45-41-37-34-32-30-28-26-20-18-16-14-12-10-8-6-4-2/h49H,3-48H2,1-2H3,(H,52,53). The molecule has 0 rings (SSSR count). The van der Waals surface area contributed by atoms with E-state index in [1.54, 1.807) is 0 Å². The smallest absolute Gasteiger partial charge is 0.306 e. The first-order valence-corrected chi connectivity index (χ1v) is 25.5. The highest BCUT2D eigenvalue weighted by molar-refractivity contribution is 5.69. The van der Waals surface area contributed by atoms with Gasteiger partial charge in [-0.1, -0.05) is 258 Å². The van der Waals surface area contributed by atoms with E-state index in [1.165, 1.54) is 218 Å². The predicted molar refractivity (Wildman–Crippen MR) is 241 cm³/mol. The van der Waals surface area contributed by atoms with E-state index in [9.17, 15) is 9.59 Å². The van der Waals surface area contributed by atoms with E-state index in [0.29, 0.717) is 6.42 Å². The molecule has 0 fully saturated rings. The number of carbonyl (C=O) groups is 2. The van der Waals surface area contributed by atoms with Gasteiger partial charge in [0, 0.05) is 12.8 Å². The Kier molecular flexibility index (Phi) is 46.4. The third-order valence-corrected chi connectivity index (χ3v) is 12.1. The number of hydrogen-bond acceptors (Lipinski definition) is 3. The molecule has 0 aliphatic heterocycles. The van der Waals surface area contributed by atoms with Gasteiger partial charge in [0.15, 0.2) is 0 Å². The Morgan fingerprint density at radius 3 is 0.800 bits per heavy atom. The number of unbranched alkanes of at least 4 members (excludes halogenated alkanes) is 39. The van der Waals surface area contributed by atoms with E-state index in [2.05, 4.69) is 13.8 Å². The molecule has 1 unspecified atom stereocenters. The fraction of sp³-hybridized carbons (Fsp3) is 0.961. The molecule has 1 N–H and O–H groups in total.